The molecule has 1 unspecified atom stereocenters. The van der Waals surface area contributed by atoms with Gasteiger partial charge in [-0.1, -0.05) is 24.3 Å². The predicted octanol–water partition coefficient (Wildman–Crippen LogP) is 2.53. The molecule has 1 atom stereocenters. The standard InChI is InChI=1S/C12H17N3.ClH/c1-8(15-12(13)14)9-2-4-10(5-3-9)11-6-7-11;/h2-5,8,11H,6-7H2,1H3,(H4,13,14,15);1H. The van der Waals surface area contributed by atoms with E-state index in [1.54, 1.807) is 0 Å². The molecule has 1 fully saturated rings. The van der Waals surface area contributed by atoms with Crippen LogP contribution in [-0.2, 0) is 0 Å². The number of guanidine groups is 1. The molecule has 88 valence electrons. The summed E-state index contributed by atoms with van der Waals surface area (Å²) in [5.41, 5.74) is 7.91. The molecule has 4 N–H and O–H groups in total. The van der Waals surface area contributed by atoms with Crippen molar-refractivity contribution in [2.24, 2.45) is 5.73 Å². The maximum absolute atomic E-state index is 7.16. The van der Waals surface area contributed by atoms with Crippen LogP contribution < -0.4 is 11.1 Å². The summed E-state index contributed by atoms with van der Waals surface area (Å²) in [6.45, 7) is 2.01. The Hall–Kier alpha value is -1.22. The molecule has 3 nitrogen and oxygen atoms in total. The van der Waals surface area contributed by atoms with E-state index in [1.165, 1.54) is 24.0 Å². The van der Waals surface area contributed by atoms with Gasteiger partial charge in [-0.15, -0.1) is 12.4 Å². The summed E-state index contributed by atoms with van der Waals surface area (Å²) in [5, 5.41) is 10.0. The highest BCUT2D eigenvalue weighted by Gasteiger charge is 2.23. The van der Waals surface area contributed by atoms with E-state index in [-0.39, 0.29) is 24.4 Å². The molecule has 0 bridgehead atoms. The molecular formula is C12H18ClN3. The molecule has 4 heteroatoms. The Balaban J connectivity index is 0.00000128. The molecule has 1 aromatic rings. The maximum Gasteiger partial charge on any atom is 0.186 e. The van der Waals surface area contributed by atoms with Crippen molar-refractivity contribution in [3.8, 4) is 0 Å². The molecule has 0 aromatic heterocycles. The third-order valence-corrected chi connectivity index (χ3v) is 2.86. The minimum atomic E-state index is 0. The normalized spacial score (nSPS) is 16.1. The van der Waals surface area contributed by atoms with Crippen LogP contribution >= 0.6 is 12.4 Å². The second-order valence-corrected chi connectivity index (χ2v) is 4.22. The van der Waals surface area contributed by atoms with Gasteiger partial charge >= 0.3 is 0 Å². The fraction of sp³-hybridized carbons (Fsp3) is 0.417. The molecule has 1 aliphatic carbocycles. The van der Waals surface area contributed by atoms with Crippen LogP contribution in [0.3, 0.4) is 0 Å². The number of nitrogens with two attached hydrogens (primary N) is 1. The first-order chi connectivity index (χ1) is 7.16. The van der Waals surface area contributed by atoms with Gasteiger partial charge in [0.2, 0.25) is 0 Å². The molecule has 0 aliphatic heterocycles. The van der Waals surface area contributed by atoms with Gasteiger partial charge < -0.3 is 11.1 Å². The molecule has 1 saturated carbocycles. The maximum atomic E-state index is 7.16. The summed E-state index contributed by atoms with van der Waals surface area (Å²) in [6.07, 6.45) is 2.67. The lowest BCUT2D eigenvalue weighted by Gasteiger charge is -2.14. The van der Waals surface area contributed by atoms with Crippen molar-refractivity contribution in [1.82, 2.24) is 5.32 Å². The molecule has 0 heterocycles. The Labute approximate surface area is 102 Å². The molecule has 16 heavy (non-hydrogen) atoms. The van der Waals surface area contributed by atoms with Gasteiger partial charge in [0.25, 0.3) is 0 Å². The van der Waals surface area contributed by atoms with Crippen LogP contribution in [0.4, 0.5) is 0 Å². The highest BCUT2D eigenvalue weighted by atomic mass is 35.5. The first-order valence-corrected chi connectivity index (χ1v) is 5.37. The second-order valence-electron chi connectivity index (χ2n) is 4.22. The van der Waals surface area contributed by atoms with Crippen molar-refractivity contribution in [3.05, 3.63) is 35.4 Å². The summed E-state index contributed by atoms with van der Waals surface area (Å²) in [5.74, 6) is 0.823. The van der Waals surface area contributed by atoms with Gasteiger partial charge in [-0.3, -0.25) is 5.41 Å². The third kappa shape index (κ3) is 3.14. The first kappa shape index (κ1) is 12.8. The lowest BCUT2D eigenvalue weighted by molar-refractivity contribution is 0.708. The monoisotopic (exact) mass is 239 g/mol. The number of nitrogens with one attached hydrogen (secondary N) is 2. The van der Waals surface area contributed by atoms with Crippen molar-refractivity contribution in [2.45, 2.75) is 31.7 Å². The topological polar surface area (TPSA) is 61.9 Å². The van der Waals surface area contributed by atoms with Crippen LogP contribution in [-0.4, -0.2) is 5.96 Å². The zero-order valence-corrected chi connectivity index (χ0v) is 10.2. The highest BCUT2D eigenvalue weighted by molar-refractivity contribution is 5.85. The van der Waals surface area contributed by atoms with Crippen molar-refractivity contribution in [2.75, 3.05) is 0 Å². The van der Waals surface area contributed by atoms with Crippen LogP contribution in [0.5, 0.6) is 0 Å². The summed E-state index contributed by atoms with van der Waals surface area (Å²) in [4.78, 5) is 0. The molecule has 0 amide bonds. The molecule has 1 aromatic carbocycles. The van der Waals surface area contributed by atoms with Crippen LogP contribution in [0.2, 0.25) is 0 Å². The number of hydrogen-bond acceptors (Lipinski definition) is 1. The molecule has 0 saturated heterocycles. The smallest absolute Gasteiger partial charge is 0.186 e. The van der Waals surface area contributed by atoms with Crippen molar-refractivity contribution in [3.63, 3.8) is 0 Å². The number of hydrogen-bond donors (Lipinski definition) is 3. The van der Waals surface area contributed by atoms with Gasteiger partial charge in [-0.05, 0) is 36.8 Å². The Kier molecular flexibility index (Phi) is 4.19. The Morgan fingerprint density at radius 1 is 1.38 bits per heavy atom. The second kappa shape index (κ2) is 5.21. The average Bonchev–Trinajstić information content (AvgIpc) is 3.00. The van der Waals surface area contributed by atoms with E-state index in [9.17, 15) is 0 Å². The van der Waals surface area contributed by atoms with Crippen LogP contribution in [0, 0.1) is 5.41 Å². The molecule has 2 rings (SSSR count). The van der Waals surface area contributed by atoms with Crippen molar-refractivity contribution >= 4 is 18.4 Å². The zero-order valence-electron chi connectivity index (χ0n) is 9.36. The van der Waals surface area contributed by atoms with Crippen LogP contribution in [0.1, 0.15) is 42.9 Å². The fourth-order valence-corrected chi connectivity index (χ4v) is 1.79. The van der Waals surface area contributed by atoms with Crippen LogP contribution in [0.25, 0.3) is 0 Å². The highest BCUT2D eigenvalue weighted by Crippen LogP contribution is 2.40. The molecule has 0 spiro atoms. The van der Waals surface area contributed by atoms with Crippen molar-refractivity contribution in [1.29, 1.82) is 5.41 Å². The van der Waals surface area contributed by atoms with Gasteiger partial charge in [0.05, 0.1) is 6.04 Å². The van der Waals surface area contributed by atoms with Crippen LogP contribution in [0.15, 0.2) is 24.3 Å². The van der Waals surface area contributed by atoms with Gasteiger partial charge in [0.15, 0.2) is 5.96 Å². The van der Waals surface area contributed by atoms with Gasteiger partial charge in [0.1, 0.15) is 0 Å². The van der Waals surface area contributed by atoms with Crippen molar-refractivity contribution < 1.29 is 0 Å². The van der Waals surface area contributed by atoms with E-state index in [0.717, 1.165) is 5.92 Å². The third-order valence-electron chi connectivity index (χ3n) is 2.86. The van der Waals surface area contributed by atoms with E-state index < -0.39 is 0 Å². The molecule has 0 radical (unpaired) electrons. The SMILES string of the molecule is CC(NC(=N)N)c1ccc(C2CC2)cc1.Cl. The number of rotatable bonds is 3. The van der Waals surface area contributed by atoms with E-state index in [1.807, 2.05) is 6.92 Å². The number of benzene rings is 1. The number of halogens is 1. The van der Waals surface area contributed by atoms with E-state index in [4.69, 9.17) is 11.1 Å². The van der Waals surface area contributed by atoms with Gasteiger partial charge in [-0.25, -0.2) is 0 Å². The molecular weight excluding hydrogens is 222 g/mol. The van der Waals surface area contributed by atoms with Gasteiger partial charge in [-0.2, -0.15) is 0 Å². The van der Waals surface area contributed by atoms with Gasteiger partial charge in [0, 0.05) is 0 Å². The summed E-state index contributed by atoms with van der Waals surface area (Å²) < 4.78 is 0. The summed E-state index contributed by atoms with van der Waals surface area (Å²) in [7, 11) is 0. The van der Waals surface area contributed by atoms with E-state index in [2.05, 4.69) is 29.6 Å². The van der Waals surface area contributed by atoms with E-state index >= 15 is 0 Å². The lowest BCUT2D eigenvalue weighted by Crippen LogP contribution is -2.32. The Bertz CT molecular complexity index is 357. The largest absolute Gasteiger partial charge is 0.370 e. The minimum Gasteiger partial charge on any atom is -0.370 e. The predicted molar refractivity (Wildman–Crippen MR) is 69.1 cm³/mol. The summed E-state index contributed by atoms with van der Waals surface area (Å²) in [6, 6.07) is 8.72. The summed E-state index contributed by atoms with van der Waals surface area (Å²) >= 11 is 0. The zero-order chi connectivity index (χ0) is 10.8. The molecule has 1 aliphatic rings. The lowest BCUT2D eigenvalue weighted by atomic mass is 10.0. The fourth-order valence-electron chi connectivity index (χ4n) is 1.79. The van der Waals surface area contributed by atoms with E-state index in [0.29, 0.717) is 0 Å². The Morgan fingerprint density at radius 2 is 1.94 bits per heavy atom. The first-order valence-electron chi connectivity index (χ1n) is 5.37. The minimum absolute atomic E-state index is 0. The quantitative estimate of drug-likeness (QED) is 0.561. The average molecular weight is 240 g/mol. The Morgan fingerprint density at radius 3 is 2.38 bits per heavy atom.